The quantitative estimate of drug-likeness (QED) is 0.701. The molecule has 0 radical (unpaired) electrons. The van der Waals surface area contributed by atoms with Crippen LogP contribution in [0.5, 0.6) is 0 Å². The van der Waals surface area contributed by atoms with Crippen molar-refractivity contribution in [1.82, 2.24) is 14.5 Å². The van der Waals surface area contributed by atoms with Crippen molar-refractivity contribution < 1.29 is 4.74 Å². The molecule has 0 bridgehead atoms. The monoisotopic (exact) mass is 293 g/mol. The van der Waals surface area contributed by atoms with Crippen LogP contribution in [0, 0.1) is 6.92 Å². The van der Waals surface area contributed by atoms with Gasteiger partial charge in [-0.3, -0.25) is 4.98 Å². The molecule has 0 atom stereocenters. The van der Waals surface area contributed by atoms with Gasteiger partial charge in [-0.25, -0.2) is 4.98 Å². The summed E-state index contributed by atoms with van der Waals surface area (Å²) in [6, 6.07) is 0. The van der Waals surface area contributed by atoms with Gasteiger partial charge in [0.05, 0.1) is 18.3 Å². The van der Waals surface area contributed by atoms with E-state index in [1.165, 1.54) is 29.7 Å². The SMILES string of the molecule is COCCc1nc2cncc(C)c2n1CCCCSC. The van der Waals surface area contributed by atoms with Gasteiger partial charge >= 0.3 is 0 Å². The van der Waals surface area contributed by atoms with Crippen molar-refractivity contribution in [3.05, 3.63) is 23.8 Å². The Balaban J connectivity index is 2.26. The predicted octanol–water partition coefficient (Wildman–Crippen LogP) is 3.07. The summed E-state index contributed by atoms with van der Waals surface area (Å²) in [7, 11) is 1.73. The molecule has 0 unspecified atom stereocenters. The summed E-state index contributed by atoms with van der Waals surface area (Å²) in [6.45, 7) is 3.84. The lowest BCUT2D eigenvalue weighted by molar-refractivity contribution is 0.199. The summed E-state index contributed by atoms with van der Waals surface area (Å²) < 4.78 is 7.55. The van der Waals surface area contributed by atoms with Crippen LogP contribution in [0.15, 0.2) is 12.4 Å². The van der Waals surface area contributed by atoms with Crippen molar-refractivity contribution in [1.29, 1.82) is 0 Å². The fraction of sp³-hybridized carbons (Fsp3) is 0.600. The zero-order valence-corrected chi connectivity index (χ0v) is 13.4. The maximum absolute atomic E-state index is 5.20. The number of hydrogen-bond acceptors (Lipinski definition) is 4. The van der Waals surface area contributed by atoms with Crippen LogP contribution in [0.1, 0.15) is 24.2 Å². The summed E-state index contributed by atoms with van der Waals surface area (Å²) in [6.07, 6.45) is 9.22. The van der Waals surface area contributed by atoms with E-state index >= 15 is 0 Å². The largest absolute Gasteiger partial charge is 0.384 e. The fourth-order valence-electron chi connectivity index (χ4n) is 2.45. The van der Waals surface area contributed by atoms with Gasteiger partial charge in [-0.05, 0) is 37.3 Å². The molecule has 2 rings (SSSR count). The molecule has 0 aliphatic heterocycles. The highest BCUT2D eigenvalue weighted by atomic mass is 32.2. The first-order valence-electron chi connectivity index (χ1n) is 7.05. The molecule has 2 aromatic rings. The minimum Gasteiger partial charge on any atom is -0.384 e. The second-order valence-corrected chi connectivity index (χ2v) is 5.93. The molecule has 0 spiro atoms. The molecule has 0 aromatic carbocycles. The molecular weight excluding hydrogens is 270 g/mol. The third-order valence-corrected chi connectivity index (χ3v) is 4.12. The molecule has 5 heteroatoms. The van der Waals surface area contributed by atoms with Crippen molar-refractivity contribution in [2.75, 3.05) is 25.7 Å². The Morgan fingerprint density at radius 3 is 2.90 bits per heavy atom. The number of ether oxygens (including phenoxy) is 1. The van der Waals surface area contributed by atoms with Crippen LogP contribution < -0.4 is 0 Å². The molecule has 2 heterocycles. The van der Waals surface area contributed by atoms with Crippen molar-refractivity contribution in [2.24, 2.45) is 0 Å². The van der Waals surface area contributed by atoms with E-state index < -0.39 is 0 Å². The van der Waals surface area contributed by atoms with Gasteiger partial charge < -0.3 is 9.30 Å². The second-order valence-electron chi connectivity index (χ2n) is 4.95. The molecular formula is C15H23N3OS. The number of hydrogen-bond donors (Lipinski definition) is 0. The molecule has 110 valence electrons. The van der Waals surface area contributed by atoms with E-state index in [9.17, 15) is 0 Å². The molecule has 0 aliphatic rings. The highest BCUT2D eigenvalue weighted by Gasteiger charge is 2.12. The van der Waals surface area contributed by atoms with Crippen LogP contribution in [0.25, 0.3) is 11.0 Å². The summed E-state index contributed by atoms with van der Waals surface area (Å²) in [4.78, 5) is 8.97. The van der Waals surface area contributed by atoms with Gasteiger partial charge in [0, 0.05) is 26.3 Å². The van der Waals surface area contributed by atoms with Crippen LogP contribution in [-0.2, 0) is 17.7 Å². The number of nitrogens with zero attached hydrogens (tertiary/aromatic N) is 3. The van der Waals surface area contributed by atoms with Crippen LogP contribution >= 0.6 is 11.8 Å². The van der Waals surface area contributed by atoms with Crippen molar-refractivity contribution in [2.45, 2.75) is 32.7 Å². The topological polar surface area (TPSA) is 39.9 Å². The highest BCUT2D eigenvalue weighted by Crippen LogP contribution is 2.20. The zero-order valence-electron chi connectivity index (χ0n) is 12.6. The zero-order chi connectivity index (χ0) is 14.4. The molecule has 0 N–H and O–H groups in total. The first-order chi connectivity index (χ1) is 9.77. The lowest BCUT2D eigenvalue weighted by Crippen LogP contribution is -2.08. The van der Waals surface area contributed by atoms with Gasteiger partial charge in [-0.1, -0.05) is 0 Å². The number of fused-ring (bicyclic) bond motifs is 1. The Labute approximate surface area is 124 Å². The van der Waals surface area contributed by atoms with Gasteiger partial charge in [0.2, 0.25) is 0 Å². The summed E-state index contributed by atoms with van der Waals surface area (Å²) in [5.74, 6) is 2.34. The normalized spacial score (nSPS) is 11.3. The molecule has 0 saturated heterocycles. The molecule has 0 saturated carbocycles. The van der Waals surface area contributed by atoms with E-state index in [4.69, 9.17) is 9.72 Å². The fourth-order valence-corrected chi connectivity index (χ4v) is 2.94. The minimum absolute atomic E-state index is 0.709. The van der Waals surface area contributed by atoms with E-state index in [0.29, 0.717) is 6.61 Å². The number of unbranched alkanes of at least 4 members (excludes halogenated alkanes) is 1. The molecule has 0 amide bonds. The van der Waals surface area contributed by atoms with E-state index in [-0.39, 0.29) is 0 Å². The average molecular weight is 293 g/mol. The van der Waals surface area contributed by atoms with Crippen LogP contribution in [0.2, 0.25) is 0 Å². The number of aryl methyl sites for hydroxylation is 2. The smallest absolute Gasteiger partial charge is 0.112 e. The lowest BCUT2D eigenvalue weighted by Gasteiger charge is -2.10. The second kappa shape index (κ2) is 7.64. The molecule has 0 aliphatic carbocycles. The molecule has 2 aromatic heterocycles. The summed E-state index contributed by atoms with van der Waals surface area (Å²) >= 11 is 1.91. The van der Waals surface area contributed by atoms with Gasteiger partial charge in [0.15, 0.2) is 0 Å². The maximum Gasteiger partial charge on any atom is 0.112 e. The number of thioether (sulfide) groups is 1. The predicted molar refractivity (Wildman–Crippen MR) is 85.5 cm³/mol. The highest BCUT2D eigenvalue weighted by molar-refractivity contribution is 7.98. The van der Waals surface area contributed by atoms with Gasteiger partial charge in [-0.2, -0.15) is 11.8 Å². The van der Waals surface area contributed by atoms with Crippen molar-refractivity contribution in [3.63, 3.8) is 0 Å². The first kappa shape index (κ1) is 15.3. The Bertz CT molecular complexity index is 553. The van der Waals surface area contributed by atoms with Gasteiger partial charge in [0.1, 0.15) is 11.3 Å². The van der Waals surface area contributed by atoms with Crippen molar-refractivity contribution in [3.8, 4) is 0 Å². The van der Waals surface area contributed by atoms with E-state index in [1.54, 1.807) is 7.11 Å². The number of rotatable bonds is 8. The van der Waals surface area contributed by atoms with Crippen LogP contribution in [0.3, 0.4) is 0 Å². The summed E-state index contributed by atoms with van der Waals surface area (Å²) in [5, 5.41) is 0. The Morgan fingerprint density at radius 2 is 2.15 bits per heavy atom. The van der Waals surface area contributed by atoms with Crippen LogP contribution in [0.4, 0.5) is 0 Å². The third kappa shape index (κ3) is 3.52. The standard InChI is InChI=1S/C15H23N3OS/c1-12-10-16-11-13-15(12)18(7-4-5-9-20-3)14(17-13)6-8-19-2/h10-11H,4-9H2,1-3H3. The average Bonchev–Trinajstić information content (AvgIpc) is 2.80. The molecule has 0 fully saturated rings. The maximum atomic E-state index is 5.20. The van der Waals surface area contributed by atoms with E-state index in [0.717, 1.165) is 24.3 Å². The van der Waals surface area contributed by atoms with Crippen molar-refractivity contribution >= 4 is 22.8 Å². The number of pyridine rings is 1. The first-order valence-corrected chi connectivity index (χ1v) is 8.45. The third-order valence-electron chi connectivity index (χ3n) is 3.42. The van der Waals surface area contributed by atoms with Crippen LogP contribution in [-0.4, -0.2) is 40.3 Å². The Kier molecular flexibility index (Phi) is 5.86. The molecule has 4 nitrogen and oxygen atoms in total. The summed E-state index contributed by atoms with van der Waals surface area (Å²) in [5.41, 5.74) is 3.43. The van der Waals surface area contributed by atoms with E-state index in [2.05, 4.69) is 22.7 Å². The Morgan fingerprint density at radius 1 is 1.30 bits per heavy atom. The number of methoxy groups -OCH3 is 1. The number of aromatic nitrogens is 3. The minimum atomic E-state index is 0.709. The molecule has 20 heavy (non-hydrogen) atoms. The van der Waals surface area contributed by atoms with Gasteiger partial charge in [-0.15, -0.1) is 0 Å². The van der Waals surface area contributed by atoms with Gasteiger partial charge in [0.25, 0.3) is 0 Å². The number of imidazole rings is 1. The lowest BCUT2D eigenvalue weighted by atomic mass is 10.2. The Hall–Kier alpha value is -1.07. The van der Waals surface area contributed by atoms with E-state index in [1.807, 2.05) is 24.2 Å².